The summed E-state index contributed by atoms with van der Waals surface area (Å²) in [6.45, 7) is 10.3. The Morgan fingerprint density at radius 3 is 2.52 bits per heavy atom. The first kappa shape index (κ1) is 19.8. The second-order valence-electron chi connectivity index (χ2n) is 6.78. The summed E-state index contributed by atoms with van der Waals surface area (Å²) in [5.74, 6) is 0. The second kappa shape index (κ2) is 9.14. The predicted molar refractivity (Wildman–Crippen MR) is 95.9 cm³/mol. The maximum atomic E-state index is 11.8. The molecule has 0 saturated heterocycles. The highest BCUT2D eigenvalue weighted by molar-refractivity contribution is 6.31. The van der Waals surface area contributed by atoms with Gasteiger partial charge in [-0.25, -0.2) is 4.79 Å². The fraction of sp³-hybridized carbons (Fsp3) is 0.611. The molecule has 0 radical (unpaired) electrons. The molecule has 0 spiro atoms. The van der Waals surface area contributed by atoms with Crippen LogP contribution in [0.2, 0.25) is 5.02 Å². The zero-order valence-corrected chi connectivity index (χ0v) is 15.5. The molecule has 23 heavy (non-hydrogen) atoms. The summed E-state index contributed by atoms with van der Waals surface area (Å²) in [6.07, 6.45) is 1.61. The number of alkyl carbamates (subject to hydrolysis) is 1. The van der Waals surface area contributed by atoms with E-state index < -0.39 is 5.60 Å². The quantitative estimate of drug-likeness (QED) is 0.757. The summed E-state index contributed by atoms with van der Waals surface area (Å²) in [5, 5.41) is 7.13. The van der Waals surface area contributed by atoms with Crippen LogP contribution in [0.1, 0.15) is 59.1 Å². The van der Waals surface area contributed by atoms with E-state index in [1.54, 1.807) is 0 Å². The minimum absolute atomic E-state index is 0.112. The fourth-order valence-corrected chi connectivity index (χ4v) is 2.68. The average Bonchev–Trinajstić information content (AvgIpc) is 2.43. The fourth-order valence-electron chi connectivity index (χ4n) is 2.38. The molecule has 0 aliphatic carbocycles. The van der Waals surface area contributed by atoms with Crippen molar-refractivity contribution in [1.29, 1.82) is 0 Å². The molecule has 0 aliphatic rings. The smallest absolute Gasteiger partial charge is 0.407 e. The van der Waals surface area contributed by atoms with Gasteiger partial charge in [0, 0.05) is 23.7 Å². The van der Waals surface area contributed by atoms with Crippen LogP contribution in [0.3, 0.4) is 0 Å². The monoisotopic (exact) mass is 340 g/mol. The number of ether oxygens (including phenoxy) is 1. The van der Waals surface area contributed by atoms with E-state index in [1.165, 1.54) is 0 Å². The Morgan fingerprint density at radius 2 is 1.96 bits per heavy atom. The van der Waals surface area contributed by atoms with Crippen molar-refractivity contribution in [3.63, 3.8) is 0 Å². The van der Waals surface area contributed by atoms with E-state index in [4.69, 9.17) is 16.3 Å². The number of rotatable bonds is 7. The van der Waals surface area contributed by atoms with Crippen LogP contribution in [-0.4, -0.2) is 24.3 Å². The Labute approximate surface area is 144 Å². The number of benzene rings is 1. The molecule has 1 aromatic carbocycles. The summed E-state index contributed by atoms with van der Waals surface area (Å²) in [5.41, 5.74) is 0.579. The Balaban J connectivity index is 2.58. The first-order chi connectivity index (χ1) is 10.7. The van der Waals surface area contributed by atoms with Gasteiger partial charge >= 0.3 is 6.09 Å². The minimum Gasteiger partial charge on any atom is -0.444 e. The molecule has 0 heterocycles. The summed E-state index contributed by atoms with van der Waals surface area (Å²) in [4.78, 5) is 11.8. The van der Waals surface area contributed by atoms with Crippen molar-refractivity contribution in [2.45, 2.75) is 65.1 Å². The number of halogens is 1. The lowest BCUT2D eigenvalue weighted by Crippen LogP contribution is -2.43. The molecule has 1 amide bonds. The molecule has 130 valence electrons. The van der Waals surface area contributed by atoms with E-state index in [0.29, 0.717) is 6.54 Å². The van der Waals surface area contributed by atoms with E-state index >= 15 is 0 Å². The van der Waals surface area contributed by atoms with Crippen molar-refractivity contribution in [2.24, 2.45) is 0 Å². The van der Waals surface area contributed by atoms with Crippen LogP contribution < -0.4 is 10.6 Å². The maximum absolute atomic E-state index is 11.8. The molecule has 0 aliphatic heterocycles. The predicted octanol–water partition coefficient (Wildman–Crippen LogP) is 4.68. The van der Waals surface area contributed by atoms with Gasteiger partial charge in [-0.3, -0.25) is 0 Å². The van der Waals surface area contributed by atoms with Crippen molar-refractivity contribution in [3.05, 3.63) is 34.9 Å². The Kier molecular flexibility index (Phi) is 7.86. The molecule has 2 atom stereocenters. The summed E-state index contributed by atoms with van der Waals surface area (Å²) in [7, 11) is 0. The summed E-state index contributed by atoms with van der Waals surface area (Å²) in [6, 6.07) is 8.09. The minimum atomic E-state index is -0.484. The third-order valence-electron chi connectivity index (χ3n) is 3.39. The highest BCUT2D eigenvalue weighted by Gasteiger charge is 2.19. The van der Waals surface area contributed by atoms with Gasteiger partial charge in [0.25, 0.3) is 0 Å². The molecular formula is C18H29ClN2O2. The van der Waals surface area contributed by atoms with Gasteiger partial charge in [-0.15, -0.1) is 0 Å². The Morgan fingerprint density at radius 1 is 1.30 bits per heavy atom. The normalized spacial score (nSPS) is 14.2. The van der Waals surface area contributed by atoms with Crippen LogP contribution in [0.5, 0.6) is 0 Å². The van der Waals surface area contributed by atoms with Gasteiger partial charge in [0.05, 0.1) is 0 Å². The highest BCUT2D eigenvalue weighted by Crippen LogP contribution is 2.22. The molecule has 0 saturated carbocycles. The van der Waals surface area contributed by atoms with Gasteiger partial charge < -0.3 is 15.4 Å². The molecule has 1 aromatic rings. The van der Waals surface area contributed by atoms with Crippen molar-refractivity contribution in [2.75, 3.05) is 6.54 Å². The van der Waals surface area contributed by atoms with E-state index in [1.807, 2.05) is 45.0 Å². The van der Waals surface area contributed by atoms with Gasteiger partial charge in [0.2, 0.25) is 0 Å². The van der Waals surface area contributed by atoms with Crippen molar-refractivity contribution < 1.29 is 9.53 Å². The van der Waals surface area contributed by atoms with Crippen molar-refractivity contribution >= 4 is 17.7 Å². The van der Waals surface area contributed by atoms with Crippen LogP contribution >= 0.6 is 11.6 Å². The second-order valence-corrected chi connectivity index (χ2v) is 7.19. The third kappa shape index (κ3) is 7.71. The molecule has 0 aromatic heterocycles. The number of hydrogen-bond acceptors (Lipinski definition) is 3. The topological polar surface area (TPSA) is 50.4 Å². The molecule has 0 fully saturated rings. The zero-order chi connectivity index (χ0) is 17.5. The lowest BCUT2D eigenvalue weighted by Gasteiger charge is -2.25. The standard InChI is InChI=1S/C18H29ClN2O2/c1-6-9-14(12-20-17(22)23-18(3,4)5)21-13(2)15-10-7-8-11-16(15)19/h7-8,10-11,13-14,21H,6,9,12H2,1-5H3,(H,20,22). The van der Waals surface area contributed by atoms with Crippen molar-refractivity contribution in [3.8, 4) is 0 Å². The van der Waals surface area contributed by atoms with Gasteiger partial charge in [0.1, 0.15) is 5.60 Å². The zero-order valence-electron chi connectivity index (χ0n) is 14.8. The van der Waals surface area contributed by atoms with E-state index in [-0.39, 0.29) is 18.2 Å². The maximum Gasteiger partial charge on any atom is 0.407 e. The van der Waals surface area contributed by atoms with Crippen molar-refractivity contribution in [1.82, 2.24) is 10.6 Å². The first-order valence-electron chi connectivity index (χ1n) is 8.20. The largest absolute Gasteiger partial charge is 0.444 e. The molecule has 2 unspecified atom stereocenters. The van der Waals surface area contributed by atoms with Crippen LogP contribution in [-0.2, 0) is 4.74 Å². The number of carbonyl (C=O) groups is 1. The third-order valence-corrected chi connectivity index (χ3v) is 3.73. The Hall–Kier alpha value is -1.26. The number of hydrogen-bond donors (Lipinski definition) is 2. The SMILES string of the molecule is CCCC(CNC(=O)OC(C)(C)C)NC(C)c1ccccc1Cl. The molecular weight excluding hydrogens is 312 g/mol. The molecule has 0 bridgehead atoms. The lowest BCUT2D eigenvalue weighted by atomic mass is 10.1. The van der Waals surface area contributed by atoms with Gasteiger partial charge in [-0.2, -0.15) is 0 Å². The van der Waals surface area contributed by atoms with Gasteiger partial charge in [-0.1, -0.05) is 43.1 Å². The van der Waals surface area contributed by atoms with E-state index in [2.05, 4.69) is 24.5 Å². The van der Waals surface area contributed by atoms with Crippen LogP contribution in [0.15, 0.2) is 24.3 Å². The van der Waals surface area contributed by atoms with E-state index in [0.717, 1.165) is 23.4 Å². The number of nitrogens with one attached hydrogen (secondary N) is 2. The van der Waals surface area contributed by atoms with Crippen LogP contribution in [0.4, 0.5) is 4.79 Å². The number of carbonyl (C=O) groups excluding carboxylic acids is 1. The van der Waals surface area contributed by atoms with Gasteiger partial charge in [0.15, 0.2) is 0 Å². The molecule has 2 N–H and O–H groups in total. The first-order valence-corrected chi connectivity index (χ1v) is 8.58. The van der Waals surface area contributed by atoms with Gasteiger partial charge in [-0.05, 0) is 45.7 Å². The molecule has 1 rings (SSSR count). The summed E-state index contributed by atoms with van der Waals surface area (Å²) < 4.78 is 5.28. The van der Waals surface area contributed by atoms with E-state index in [9.17, 15) is 4.79 Å². The highest BCUT2D eigenvalue weighted by atomic mass is 35.5. The number of amides is 1. The van der Waals surface area contributed by atoms with Crippen LogP contribution in [0.25, 0.3) is 0 Å². The van der Waals surface area contributed by atoms with Crippen LogP contribution in [0, 0.1) is 0 Å². The summed E-state index contributed by atoms with van der Waals surface area (Å²) >= 11 is 6.25. The average molecular weight is 341 g/mol. The lowest BCUT2D eigenvalue weighted by molar-refractivity contribution is 0.0521. The Bertz CT molecular complexity index is 500. The molecule has 4 nitrogen and oxygen atoms in total. The molecule has 5 heteroatoms.